The van der Waals surface area contributed by atoms with E-state index in [-0.39, 0.29) is 16.2 Å². The van der Waals surface area contributed by atoms with E-state index in [1.165, 1.54) is 37.5 Å². The predicted molar refractivity (Wildman–Crippen MR) is 86.9 cm³/mol. The summed E-state index contributed by atoms with van der Waals surface area (Å²) in [5, 5.41) is 0. The van der Waals surface area contributed by atoms with Gasteiger partial charge in [-0.1, -0.05) is 24.3 Å². The molecule has 0 amide bonds. The van der Waals surface area contributed by atoms with Crippen molar-refractivity contribution in [1.29, 1.82) is 0 Å². The van der Waals surface area contributed by atoms with E-state index in [9.17, 15) is 18.0 Å². The van der Waals surface area contributed by atoms with Crippen molar-refractivity contribution in [2.24, 2.45) is 0 Å². The highest BCUT2D eigenvalue weighted by molar-refractivity contribution is 7.90. The molecular formula is C17H13NO5S. The second-order valence-corrected chi connectivity index (χ2v) is 6.75. The Morgan fingerprint density at radius 3 is 2.42 bits per heavy atom. The Labute approximate surface area is 138 Å². The van der Waals surface area contributed by atoms with Crippen LogP contribution in [0.5, 0.6) is 0 Å². The Balaban J connectivity index is 2.00. The molecule has 122 valence electrons. The molecule has 6 nitrogen and oxygen atoms in total. The third-order valence-corrected chi connectivity index (χ3v) is 4.98. The summed E-state index contributed by atoms with van der Waals surface area (Å²) in [5.74, 6) is -0.880. The van der Waals surface area contributed by atoms with Gasteiger partial charge < -0.3 is 4.74 Å². The van der Waals surface area contributed by atoms with Crippen molar-refractivity contribution in [3.8, 4) is 0 Å². The number of hydrogen-bond donors (Lipinski definition) is 1. The molecule has 0 fully saturated rings. The first kappa shape index (κ1) is 15.9. The predicted octanol–water partition coefficient (Wildman–Crippen LogP) is 1.99. The summed E-state index contributed by atoms with van der Waals surface area (Å²) in [6.45, 7) is 0. The third kappa shape index (κ3) is 2.81. The molecule has 0 saturated carbocycles. The molecule has 2 aromatic rings. The van der Waals surface area contributed by atoms with Crippen LogP contribution in [0.1, 0.15) is 26.3 Å². The zero-order chi connectivity index (χ0) is 17.3. The average Bonchev–Trinajstić information content (AvgIpc) is 2.59. The molecular weight excluding hydrogens is 330 g/mol. The number of esters is 1. The summed E-state index contributed by atoms with van der Waals surface area (Å²) in [6, 6.07) is 12.3. The van der Waals surface area contributed by atoms with Crippen molar-refractivity contribution in [2.45, 2.75) is 4.90 Å². The fraction of sp³-hybridized carbons (Fsp3) is 0.0588. The van der Waals surface area contributed by atoms with Gasteiger partial charge in [-0.25, -0.2) is 13.2 Å². The summed E-state index contributed by atoms with van der Waals surface area (Å²) in [4.78, 5) is 23.8. The van der Waals surface area contributed by atoms with Gasteiger partial charge in [-0.05, 0) is 35.9 Å². The van der Waals surface area contributed by atoms with Gasteiger partial charge in [-0.2, -0.15) is 0 Å². The van der Waals surface area contributed by atoms with E-state index in [4.69, 9.17) is 0 Å². The number of Topliss-reactive ketones (excluding diaryl/α,β-unsaturated/α-hetero) is 1. The van der Waals surface area contributed by atoms with Gasteiger partial charge in [-0.3, -0.25) is 9.52 Å². The Kier molecular flexibility index (Phi) is 3.94. The van der Waals surface area contributed by atoms with E-state index in [0.717, 1.165) is 0 Å². The van der Waals surface area contributed by atoms with E-state index in [0.29, 0.717) is 11.1 Å². The van der Waals surface area contributed by atoms with Gasteiger partial charge in [0.2, 0.25) is 5.78 Å². The maximum atomic E-state index is 12.5. The molecule has 1 N–H and O–H groups in total. The van der Waals surface area contributed by atoms with Crippen molar-refractivity contribution in [3.05, 3.63) is 70.9 Å². The molecule has 0 unspecified atom stereocenters. The number of benzene rings is 2. The zero-order valence-corrected chi connectivity index (χ0v) is 13.5. The maximum absolute atomic E-state index is 12.5. The molecule has 0 aromatic heterocycles. The number of nitrogens with one attached hydrogen (secondary N) is 1. The summed E-state index contributed by atoms with van der Waals surface area (Å²) < 4.78 is 31.4. The number of ketones is 1. The van der Waals surface area contributed by atoms with Crippen LogP contribution in [-0.2, 0) is 14.8 Å². The molecule has 0 spiro atoms. The van der Waals surface area contributed by atoms with Gasteiger partial charge in [0.25, 0.3) is 10.0 Å². The Hall–Kier alpha value is -2.93. The lowest BCUT2D eigenvalue weighted by atomic mass is 10.1. The normalized spacial score (nSPS) is 17.0. The lowest BCUT2D eigenvalue weighted by Gasteiger charge is -2.19. The molecule has 0 atom stereocenters. The summed E-state index contributed by atoms with van der Waals surface area (Å²) in [5.41, 5.74) is 1.03. The molecule has 0 saturated heterocycles. The van der Waals surface area contributed by atoms with Crippen LogP contribution >= 0.6 is 0 Å². The molecule has 24 heavy (non-hydrogen) atoms. The van der Waals surface area contributed by atoms with Crippen molar-refractivity contribution < 1.29 is 22.7 Å². The lowest BCUT2D eigenvalue weighted by molar-refractivity contribution is 0.0600. The van der Waals surface area contributed by atoms with Crippen molar-refractivity contribution >= 4 is 27.9 Å². The van der Waals surface area contributed by atoms with E-state index in [1.54, 1.807) is 24.3 Å². The molecule has 1 aliphatic heterocycles. The van der Waals surface area contributed by atoms with Crippen molar-refractivity contribution in [2.75, 3.05) is 7.11 Å². The lowest BCUT2D eigenvalue weighted by Crippen LogP contribution is -2.34. The quantitative estimate of drug-likeness (QED) is 0.665. The number of sulfonamides is 1. The highest BCUT2D eigenvalue weighted by Crippen LogP contribution is 2.25. The van der Waals surface area contributed by atoms with Crippen LogP contribution in [0.15, 0.2) is 59.1 Å². The third-order valence-electron chi connectivity index (χ3n) is 3.55. The number of carbonyl (C=O) groups is 2. The van der Waals surface area contributed by atoms with Gasteiger partial charge >= 0.3 is 5.97 Å². The van der Waals surface area contributed by atoms with Crippen LogP contribution in [0, 0.1) is 0 Å². The molecule has 0 bridgehead atoms. The first-order valence-electron chi connectivity index (χ1n) is 6.99. The largest absolute Gasteiger partial charge is 0.465 e. The summed E-state index contributed by atoms with van der Waals surface area (Å²) >= 11 is 0. The standard InChI is InChI=1S/C17H13NO5S/c1-23-17(20)12-8-6-11(7-9-12)10-14-16(19)13-4-2-3-5-15(13)24(21,22)18-14/h2-10,18H,1H3/b14-10-. The Morgan fingerprint density at radius 2 is 1.75 bits per heavy atom. The van der Waals surface area contributed by atoms with E-state index >= 15 is 0 Å². The van der Waals surface area contributed by atoms with Crippen LogP contribution in [0.25, 0.3) is 6.08 Å². The number of ether oxygens (including phenoxy) is 1. The molecule has 3 rings (SSSR count). The van der Waals surface area contributed by atoms with E-state index in [1.807, 2.05) is 0 Å². The molecule has 1 aliphatic rings. The highest BCUT2D eigenvalue weighted by atomic mass is 32.2. The highest BCUT2D eigenvalue weighted by Gasteiger charge is 2.31. The second kappa shape index (κ2) is 5.93. The first-order valence-corrected chi connectivity index (χ1v) is 8.47. The van der Waals surface area contributed by atoms with E-state index < -0.39 is 21.8 Å². The number of allylic oxidation sites excluding steroid dienone is 1. The smallest absolute Gasteiger partial charge is 0.337 e. The first-order chi connectivity index (χ1) is 11.4. The molecule has 2 aromatic carbocycles. The number of hydrogen-bond acceptors (Lipinski definition) is 5. The van der Waals surface area contributed by atoms with Crippen LogP contribution < -0.4 is 4.72 Å². The van der Waals surface area contributed by atoms with Crippen LogP contribution in [0.4, 0.5) is 0 Å². The van der Waals surface area contributed by atoms with Crippen LogP contribution in [0.3, 0.4) is 0 Å². The minimum absolute atomic E-state index is 0.0341. The number of carbonyl (C=O) groups excluding carboxylic acids is 2. The van der Waals surface area contributed by atoms with Gasteiger partial charge in [-0.15, -0.1) is 0 Å². The summed E-state index contributed by atoms with van der Waals surface area (Å²) in [6.07, 6.45) is 1.43. The van der Waals surface area contributed by atoms with Gasteiger partial charge in [0.15, 0.2) is 0 Å². The van der Waals surface area contributed by atoms with Crippen LogP contribution in [0.2, 0.25) is 0 Å². The fourth-order valence-corrected chi connectivity index (χ4v) is 3.63. The van der Waals surface area contributed by atoms with Gasteiger partial charge in [0, 0.05) is 5.56 Å². The average molecular weight is 343 g/mol. The van der Waals surface area contributed by atoms with E-state index in [2.05, 4.69) is 9.46 Å². The number of methoxy groups -OCH3 is 1. The van der Waals surface area contributed by atoms with Crippen LogP contribution in [-0.4, -0.2) is 27.3 Å². The topological polar surface area (TPSA) is 89.5 Å². The van der Waals surface area contributed by atoms with Gasteiger partial charge in [0.1, 0.15) is 0 Å². The SMILES string of the molecule is COC(=O)c1ccc(/C=C2\NS(=O)(=O)c3ccccc3C2=O)cc1. The van der Waals surface area contributed by atoms with Gasteiger partial charge in [0.05, 0.1) is 23.3 Å². The molecule has 7 heteroatoms. The number of rotatable bonds is 2. The monoisotopic (exact) mass is 343 g/mol. The Morgan fingerprint density at radius 1 is 1.08 bits per heavy atom. The maximum Gasteiger partial charge on any atom is 0.337 e. The van der Waals surface area contributed by atoms with Crippen molar-refractivity contribution in [1.82, 2.24) is 4.72 Å². The van der Waals surface area contributed by atoms with Crippen molar-refractivity contribution in [3.63, 3.8) is 0 Å². The molecule has 1 heterocycles. The fourth-order valence-electron chi connectivity index (χ4n) is 2.37. The second-order valence-electron chi connectivity index (χ2n) is 5.10. The minimum Gasteiger partial charge on any atom is -0.465 e. The molecule has 0 radical (unpaired) electrons. The molecule has 0 aliphatic carbocycles. The minimum atomic E-state index is -3.78. The number of fused-ring (bicyclic) bond motifs is 1. The Bertz CT molecular complexity index is 959. The zero-order valence-electron chi connectivity index (χ0n) is 12.6. The summed E-state index contributed by atoms with van der Waals surface area (Å²) in [7, 11) is -2.50.